The van der Waals surface area contributed by atoms with Crippen LogP contribution < -0.4 is 34.7 Å². The molecule has 4 rings (SSSR count). The van der Waals surface area contributed by atoms with E-state index in [9.17, 15) is 8.42 Å². The molecule has 0 aliphatic heterocycles. The zero-order chi connectivity index (χ0) is 31.7. The van der Waals surface area contributed by atoms with E-state index in [0.29, 0.717) is 16.8 Å². The summed E-state index contributed by atoms with van der Waals surface area (Å²) in [6, 6.07) is 13.6. The molecule has 0 aliphatic rings. The van der Waals surface area contributed by atoms with Crippen molar-refractivity contribution in [2.75, 3.05) is 43.5 Å². The molecule has 13 nitrogen and oxygen atoms in total. The molecule has 0 saturated heterocycles. The molecule has 4 N–H and O–H groups in total. The first kappa shape index (κ1) is 32.7. The first-order chi connectivity index (χ1) is 21.0. The summed E-state index contributed by atoms with van der Waals surface area (Å²) < 4.78 is 53.6. The van der Waals surface area contributed by atoms with E-state index in [4.69, 9.17) is 24.7 Å². The Bertz CT molecular complexity index is 1650. The van der Waals surface area contributed by atoms with E-state index in [2.05, 4.69) is 45.9 Å². The fraction of sp³-hybridized carbons (Fsp3) is 0.310. The number of benzene rings is 2. The van der Waals surface area contributed by atoms with Gasteiger partial charge in [-0.2, -0.15) is 9.97 Å². The Morgan fingerprint density at radius 1 is 0.932 bits per heavy atom. The number of hydrogen-bond donors (Lipinski definition) is 3. The average Bonchev–Trinajstić information content (AvgIpc) is 3.00. The molecule has 0 bridgehead atoms. The van der Waals surface area contributed by atoms with E-state index in [1.807, 2.05) is 20.8 Å². The maximum Gasteiger partial charge on any atom is 0.316 e. The molecule has 4 aromatic rings. The van der Waals surface area contributed by atoms with Crippen LogP contribution in [0.2, 0.25) is 0 Å². The standard InChI is InChI=1S/C29H34BrN7O6S/c1-29(2,3)19-9-11-21(12-10-19)44(38,39)37-25-24(43-23-8-6-5-7-22(23)40-4)26(36-27(35-25)32-14-13-31)41-15-16-42-28-33-17-20(30)18-34-28/h5-12,17-18H,13-16,31H2,1-4H3,(H2,32,35,36,37). The molecule has 0 fully saturated rings. The Hall–Kier alpha value is -4.21. The molecular weight excluding hydrogens is 654 g/mol. The van der Waals surface area contributed by atoms with Gasteiger partial charge in [0.25, 0.3) is 15.9 Å². The van der Waals surface area contributed by atoms with Crippen molar-refractivity contribution in [2.45, 2.75) is 31.1 Å². The lowest BCUT2D eigenvalue weighted by molar-refractivity contribution is 0.197. The van der Waals surface area contributed by atoms with Gasteiger partial charge in [-0.05, 0) is 51.2 Å². The average molecular weight is 689 g/mol. The third kappa shape index (κ3) is 8.67. The number of rotatable bonds is 14. The molecule has 2 aromatic carbocycles. The highest BCUT2D eigenvalue weighted by atomic mass is 79.9. The van der Waals surface area contributed by atoms with Crippen molar-refractivity contribution >= 4 is 37.7 Å². The smallest absolute Gasteiger partial charge is 0.316 e. The van der Waals surface area contributed by atoms with Crippen LogP contribution in [0.4, 0.5) is 11.8 Å². The van der Waals surface area contributed by atoms with Crippen LogP contribution in [0.25, 0.3) is 0 Å². The molecule has 0 radical (unpaired) electrons. The lowest BCUT2D eigenvalue weighted by Gasteiger charge is -2.20. The third-order valence-electron chi connectivity index (χ3n) is 5.95. The monoisotopic (exact) mass is 687 g/mol. The molecule has 0 spiro atoms. The number of ether oxygens (including phenoxy) is 4. The minimum Gasteiger partial charge on any atom is -0.493 e. The van der Waals surface area contributed by atoms with Crippen LogP contribution in [-0.4, -0.2) is 61.8 Å². The number of nitrogens with one attached hydrogen (secondary N) is 2. The molecule has 0 unspecified atom stereocenters. The van der Waals surface area contributed by atoms with Gasteiger partial charge in [0.2, 0.25) is 11.7 Å². The van der Waals surface area contributed by atoms with Crippen molar-refractivity contribution in [3.05, 3.63) is 71.0 Å². The van der Waals surface area contributed by atoms with E-state index >= 15 is 0 Å². The highest BCUT2D eigenvalue weighted by Gasteiger charge is 2.25. The van der Waals surface area contributed by atoms with E-state index in [0.717, 1.165) is 5.56 Å². The summed E-state index contributed by atoms with van der Waals surface area (Å²) in [4.78, 5) is 17.0. The molecule has 0 aliphatic carbocycles. The molecule has 0 atom stereocenters. The zero-order valence-electron chi connectivity index (χ0n) is 24.7. The topological polar surface area (TPSA) is 173 Å². The lowest BCUT2D eigenvalue weighted by Crippen LogP contribution is -2.19. The van der Waals surface area contributed by atoms with Gasteiger partial charge in [-0.3, -0.25) is 4.72 Å². The van der Waals surface area contributed by atoms with E-state index in [1.165, 1.54) is 19.2 Å². The van der Waals surface area contributed by atoms with Crippen LogP contribution in [0.1, 0.15) is 26.3 Å². The van der Waals surface area contributed by atoms with Gasteiger partial charge in [0.15, 0.2) is 17.3 Å². The van der Waals surface area contributed by atoms with Crippen LogP contribution in [0.15, 0.2) is 70.3 Å². The number of methoxy groups -OCH3 is 1. The zero-order valence-corrected chi connectivity index (χ0v) is 27.1. The quantitative estimate of drug-likeness (QED) is 0.155. The lowest BCUT2D eigenvalue weighted by atomic mass is 9.87. The summed E-state index contributed by atoms with van der Waals surface area (Å²) in [7, 11) is -2.64. The second-order valence-electron chi connectivity index (χ2n) is 10.3. The molecule has 0 saturated carbocycles. The van der Waals surface area contributed by atoms with E-state index in [-0.39, 0.29) is 65.2 Å². The van der Waals surface area contributed by atoms with Crippen LogP contribution >= 0.6 is 15.9 Å². The first-order valence-electron chi connectivity index (χ1n) is 13.5. The summed E-state index contributed by atoms with van der Waals surface area (Å²) in [5.41, 5.74) is 6.50. The largest absolute Gasteiger partial charge is 0.493 e. The second kappa shape index (κ2) is 14.5. The van der Waals surface area contributed by atoms with Crippen LogP contribution in [-0.2, 0) is 15.4 Å². The highest BCUT2D eigenvalue weighted by molar-refractivity contribution is 9.10. The first-order valence-corrected chi connectivity index (χ1v) is 15.8. The maximum atomic E-state index is 13.6. The van der Waals surface area contributed by atoms with Crippen molar-refractivity contribution in [3.63, 3.8) is 0 Å². The van der Waals surface area contributed by atoms with Crippen LogP contribution in [0.5, 0.6) is 29.1 Å². The Labute approximate surface area is 264 Å². The van der Waals surface area contributed by atoms with Crippen molar-refractivity contribution in [3.8, 4) is 29.1 Å². The van der Waals surface area contributed by atoms with Gasteiger partial charge in [0, 0.05) is 25.5 Å². The number of para-hydroxylation sites is 2. The molecule has 2 aromatic heterocycles. The Balaban J connectivity index is 1.71. The minimum absolute atomic E-state index is 0.0183. The third-order valence-corrected chi connectivity index (χ3v) is 7.72. The van der Waals surface area contributed by atoms with Crippen molar-refractivity contribution in [1.82, 2.24) is 19.9 Å². The number of sulfonamides is 1. The van der Waals surface area contributed by atoms with Crippen LogP contribution in [0.3, 0.4) is 0 Å². The minimum atomic E-state index is -4.13. The number of hydrogen-bond acceptors (Lipinski definition) is 12. The number of aromatic nitrogens is 4. The number of anilines is 2. The van der Waals surface area contributed by atoms with Gasteiger partial charge in [0.1, 0.15) is 13.2 Å². The number of nitrogens with zero attached hydrogens (tertiary/aromatic N) is 4. The van der Waals surface area contributed by atoms with E-state index < -0.39 is 10.0 Å². The predicted octanol–water partition coefficient (Wildman–Crippen LogP) is 4.76. The Morgan fingerprint density at radius 3 is 2.23 bits per heavy atom. The molecule has 0 amide bonds. The summed E-state index contributed by atoms with van der Waals surface area (Å²) >= 11 is 3.28. The van der Waals surface area contributed by atoms with Gasteiger partial charge in [-0.25, -0.2) is 18.4 Å². The number of halogens is 1. The van der Waals surface area contributed by atoms with Crippen LogP contribution in [0, 0.1) is 0 Å². The number of nitrogens with two attached hydrogens (primary N) is 1. The molecule has 15 heteroatoms. The highest BCUT2D eigenvalue weighted by Crippen LogP contribution is 2.41. The summed E-state index contributed by atoms with van der Waals surface area (Å²) in [6.07, 6.45) is 3.11. The van der Waals surface area contributed by atoms with Crippen molar-refractivity contribution in [2.24, 2.45) is 5.73 Å². The van der Waals surface area contributed by atoms with E-state index in [1.54, 1.807) is 48.8 Å². The van der Waals surface area contributed by atoms with Gasteiger partial charge < -0.3 is 30.0 Å². The SMILES string of the molecule is COc1ccccc1Oc1c(NS(=O)(=O)c2ccc(C(C)(C)C)cc2)nc(NCCN)nc1OCCOc1ncc(Br)cn1. The van der Waals surface area contributed by atoms with Gasteiger partial charge in [-0.15, -0.1) is 0 Å². The fourth-order valence-electron chi connectivity index (χ4n) is 3.73. The Morgan fingerprint density at radius 2 is 1.59 bits per heavy atom. The summed E-state index contributed by atoms with van der Waals surface area (Å²) in [5, 5.41) is 2.96. The van der Waals surface area contributed by atoms with Gasteiger partial charge in [0.05, 0.1) is 16.5 Å². The van der Waals surface area contributed by atoms with Gasteiger partial charge >= 0.3 is 6.01 Å². The van der Waals surface area contributed by atoms with Crippen molar-refractivity contribution < 1.29 is 27.4 Å². The fourth-order valence-corrected chi connectivity index (χ4v) is 4.94. The second-order valence-corrected chi connectivity index (χ2v) is 12.9. The van der Waals surface area contributed by atoms with Gasteiger partial charge in [-0.1, -0.05) is 45.0 Å². The molecule has 44 heavy (non-hydrogen) atoms. The predicted molar refractivity (Wildman–Crippen MR) is 169 cm³/mol. The molecular formula is C29H34BrN7O6S. The molecule has 2 heterocycles. The van der Waals surface area contributed by atoms with Crippen molar-refractivity contribution in [1.29, 1.82) is 0 Å². The maximum absolute atomic E-state index is 13.6. The summed E-state index contributed by atoms with van der Waals surface area (Å²) in [6.45, 7) is 6.77. The normalized spacial score (nSPS) is 11.5. The summed E-state index contributed by atoms with van der Waals surface area (Å²) in [5.74, 6) is 0.411. The Kier molecular flexibility index (Phi) is 10.8. The molecule has 234 valence electrons.